The van der Waals surface area contributed by atoms with Crippen LogP contribution in [0.1, 0.15) is 28.3 Å². The molecule has 1 aliphatic heterocycles. The summed E-state index contributed by atoms with van der Waals surface area (Å²) in [5, 5.41) is 5.38. The molecule has 4 rings (SSSR count). The van der Waals surface area contributed by atoms with Gasteiger partial charge in [0.1, 0.15) is 5.58 Å². The van der Waals surface area contributed by atoms with E-state index in [1.54, 1.807) is 10.9 Å². The van der Waals surface area contributed by atoms with Crippen LogP contribution in [-0.2, 0) is 23.0 Å². The van der Waals surface area contributed by atoms with Gasteiger partial charge in [0.2, 0.25) is 5.91 Å². The van der Waals surface area contributed by atoms with Crippen LogP contribution in [0.2, 0.25) is 0 Å². The SMILES string of the molecule is Cc1cc(C)c2c(CC(=O)N3CCO[C@@H](CN(C)C)[C@@H]3c3cnn(C)c3)coc2c1. The van der Waals surface area contributed by atoms with Crippen molar-refractivity contribution in [3.05, 3.63) is 53.0 Å². The van der Waals surface area contributed by atoms with Crippen LogP contribution in [0, 0.1) is 13.8 Å². The highest BCUT2D eigenvalue weighted by atomic mass is 16.5. The van der Waals surface area contributed by atoms with Crippen molar-refractivity contribution in [1.29, 1.82) is 0 Å². The van der Waals surface area contributed by atoms with Crippen LogP contribution in [-0.4, -0.2) is 65.4 Å². The number of likely N-dealkylation sites (N-methyl/N-ethyl adjacent to an activating group) is 1. The fourth-order valence-corrected chi connectivity index (χ4v) is 4.53. The Labute approximate surface area is 177 Å². The molecule has 2 aromatic heterocycles. The monoisotopic (exact) mass is 410 g/mol. The molecule has 3 aromatic rings. The zero-order valence-corrected chi connectivity index (χ0v) is 18.4. The van der Waals surface area contributed by atoms with Crippen molar-refractivity contribution in [3.63, 3.8) is 0 Å². The van der Waals surface area contributed by atoms with Gasteiger partial charge in [0.05, 0.1) is 37.6 Å². The van der Waals surface area contributed by atoms with E-state index < -0.39 is 0 Å². The number of benzene rings is 1. The third-order valence-electron chi connectivity index (χ3n) is 5.72. The maximum Gasteiger partial charge on any atom is 0.227 e. The number of morpholine rings is 1. The zero-order chi connectivity index (χ0) is 21.4. The lowest BCUT2D eigenvalue weighted by Gasteiger charge is -2.42. The topological polar surface area (TPSA) is 63.7 Å². The summed E-state index contributed by atoms with van der Waals surface area (Å²) in [6.45, 7) is 5.95. The van der Waals surface area contributed by atoms with Gasteiger partial charge in [-0.3, -0.25) is 9.48 Å². The van der Waals surface area contributed by atoms with Crippen LogP contribution in [0.15, 0.2) is 35.2 Å². The Morgan fingerprint density at radius 3 is 2.80 bits per heavy atom. The predicted molar refractivity (Wildman–Crippen MR) is 115 cm³/mol. The van der Waals surface area contributed by atoms with E-state index in [2.05, 4.69) is 29.9 Å². The lowest BCUT2D eigenvalue weighted by molar-refractivity contribution is -0.147. The van der Waals surface area contributed by atoms with Gasteiger partial charge in [0.25, 0.3) is 0 Å². The second-order valence-corrected chi connectivity index (χ2v) is 8.54. The minimum Gasteiger partial charge on any atom is -0.464 e. The molecular weight excluding hydrogens is 380 g/mol. The third kappa shape index (κ3) is 4.00. The van der Waals surface area contributed by atoms with Gasteiger partial charge in [0.15, 0.2) is 0 Å². The van der Waals surface area contributed by atoms with Gasteiger partial charge in [-0.2, -0.15) is 5.10 Å². The lowest BCUT2D eigenvalue weighted by Crippen LogP contribution is -2.51. The normalized spacial score (nSPS) is 19.7. The second-order valence-electron chi connectivity index (χ2n) is 8.54. The number of hydrogen-bond acceptors (Lipinski definition) is 5. The Hall–Kier alpha value is -2.64. The number of aryl methyl sites for hydroxylation is 3. The first kappa shape index (κ1) is 20.6. The second kappa shape index (κ2) is 8.24. The molecule has 0 aliphatic carbocycles. The largest absolute Gasteiger partial charge is 0.464 e. The Bertz CT molecular complexity index is 1050. The maximum absolute atomic E-state index is 13.5. The van der Waals surface area contributed by atoms with Crippen molar-refractivity contribution in [1.82, 2.24) is 19.6 Å². The van der Waals surface area contributed by atoms with Crippen LogP contribution < -0.4 is 0 Å². The van der Waals surface area contributed by atoms with E-state index in [1.807, 2.05) is 44.5 Å². The van der Waals surface area contributed by atoms with Crippen LogP contribution in [0.5, 0.6) is 0 Å². The van der Waals surface area contributed by atoms with Gasteiger partial charge in [-0.1, -0.05) is 6.07 Å². The zero-order valence-electron chi connectivity index (χ0n) is 18.4. The highest BCUT2D eigenvalue weighted by molar-refractivity contribution is 5.90. The van der Waals surface area contributed by atoms with Gasteiger partial charge < -0.3 is 19.0 Å². The molecule has 1 saturated heterocycles. The van der Waals surface area contributed by atoms with E-state index in [9.17, 15) is 4.79 Å². The Morgan fingerprint density at radius 1 is 1.30 bits per heavy atom. The molecule has 0 spiro atoms. The van der Waals surface area contributed by atoms with E-state index in [0.29, 0.717) is 19.6 Å². The molecule has 7 nitrogen and oxygen atoms in total. The van der Waals surface area contributed by atoms with E-state index in [1.165, 1.54) is 0 Å². The molecule has 0 saturated carbocycles. The number of nitrogens with zero attached hydrogens (tertiary/aromatic N) is 4. The molecule has 1 aromatic carbocycles. The highest BCUT2D eigenvalue weighted by Crippen LogP contribution is 2.32. The van der Waals surface area contributed by atoms with Crippen molar-refractivity contribution in [2.75, 3.05) is 33.8 Å². The lowest BCUT2D eigenvalue weighted by atomic mass is 9.98. The van der Waals surface area contributed by atoms with Gasteiger partial charge in [-0.15, -0.1) is 0 Å². The summed E-state index contributed by atoms with van der Waals surface area (Å²) in [5.74, 6) is 0.0820. The first-order valence-electron chi connectivity index (χ1n) is 10.3. The molecule has 0 bridgehead atoms. The molecule has 30 heavy (non-hydrogen) atoms. The molecule has 2 atom stereocenters. The fourth-order valence-electron chi connectivity index (χ4n) is 4.53. The standard InChI is InChI=1S/C23H30N4O3/c1-15-8-16(2)22-17(14-30-19(22)9-15)10-21(28)27-6-7-29-20(13-25(3)4)23(27)18-11-24-26(5)12-18/h8-9,11-12,14,20,23H,6-7,10,13H2,1-5H3/t20-,23-/m0/s1. The number of furan rings is 1. The summed E-state index contributed by atoms with van der Waals surface area (Å²) in [5.41, 5.74) is 5.07. The first-order valence-corrected chi connectivity index (χ1v) is 10.3. The van der Waals surface area contributed by atoms with E-state index >= 15 is 0 Å². The van der Waals surface area contributed by atoms with Crippen molar-refractivity contribution < 1.29 is 13.9 Å². The molecule has 160 valence electrons. The van der Waals surface area contributed by atoms with Crippen molar-refractivity contribution in [3.8, 4) is 0 Å². The molecular formula is C23H30N4O3. The number of carbonyl (C=O) groups is 1. The average Bonchev–Trinajstić information content (AvgIpc) is 3.27. The van der Waals surface area contributed by atoms with Crippen molar-refractivity contribution in [2.24, 2.45) is 7.05 Å². The summed E-state index contributed by atoms with van der Waals surface area (Å²) in [6.07, 6.45) is 5.74. The number of ether oxygens (including phenoxy) is 1. The molecule has 0 N–H and O–H groups in total. The van der Waals surface area contributed by atoms with Crippen molar-refractivity contribution in [2.45, 2.75) is 32.4 Å². The van der Waals surface area contributed by atoms with Crippen LogP contribution >= 0.6 is 0 Å². The summed E-state index contributed by atoms with van der Waals surface area (Å²) < 4.78 is 13.6. The Balaban J connectivity index is 1.64. The maximum atomic E-state index is 13.5. The minimum atomic E-state index is -0.163. The molecule has 3 heterocycles. The van der Waals surface area contributed by atoms with E-state index in [-0.39, 0.29) is 18.1 Å². The Morgan fingerprint density at radius 2 is 2.10 bits per heavy atom. The van der Waals surface area contributed by atoms with Crippen LogP contribution in [0.3, 0.4) is 0 Å². The number of hydrogen-bond donors (Lipinski definition) is 0. The molecule has 0 unspecified atom stereocenters. The number of aromatic nitrogens is 2. The molecule has 0 radical (unpaired) electrons. The van der Waals surface area contributed by atoms with Crippen LogP contribution in [0.4, 0.5) is 0 Å². The average molecular weight is 411 g/mol. The van der Waals surface area contributed by atoms with Crippen LogP contribution in [0.25, 0.3) is 11.0 Å². The summed E-state index contributed by atoms with van der Waals surface area (Å²) in [4.78, 5) is 17.5. The molecule has 1 amide bonds. The quantitative estimate of drug-likeness (QED) is 0.647. The number of fused-ring (bicyclic) bond motifs is 1. The predicted octanol–water partition coefficient (Wildman–Crippen LogP) is 2.86. The van der Waals surface area contributed by atoms with E-state index in [0.717, 1.165) is 39.8 Å². The molecule has 7 heteroatoms. The minimum absolute atomic E-state index is 0.0820. The van der Waals surface area contributed by atoms with Gasteiger partial charge >= 0.3 is 0 Å². The van der Waals surface area contributed by atoms with E-state index in [4.69, 9.17) is 9.15 Å². The van der Waals surface area contributed by atoms with Crippen molar-refractivity contribution >= 4 is 16.9 Å². The third-order valence-corrected chi connectivity index (χ3v) is 5.72. The molecule has 1 fully saturated rings. The summed E-state index contributed by atoms with van der Waals surface area (Å²) >= 11 is 0. The van der Waals surface area contributed by atoms with Gasteiger partial charge in [-0.05, 0) is 45.1 Å². The summed E-state index contributed by atoms with van der Waals surface area (Å²) in [6, 6.07) is 3.99. The molecule has 1 aliphatic rings. The van der Waals surface area contributed by atoms with Gasteiger partial charge in [0, 0.05) is 42.8 Å². The number of carbonyl (C=O) groups excluding carboxylic acids is 1. The summed E-state index contributed by atoms with van der Waals surface area (Å²) in [7, 11) is 5.93. The number of rotatable bonds is 5. The smallest absolute Gasteiger partial charge is 0.227 e. The first-order chi connectivity index (χ1) is 14.3. The highest BCUT2D eigenvalue weighted by Gasteiger charge is 2.37. The fraction of sp³-hybridized carbons (Fsp3) is 0.478. The number of amides is 1. The van der Waals surface area contributed by atoms with Gasteiger partial charge in [-0.25, -0.2) is 0 Å². The Kier molecular flexibility index (Phi) is 5.66.